The van der Waals surface area contributed by atoms with Gasteiger partial charge in [-0.3, -0.25) is 4.79 Å². The van der Waals surface area contributed by atoms with Gasteiger partial charge in [0.2, 0.25) is 0 Å². The number of benzene rings is 2. The maximum absolute atomic E-state index is 12.3. The summed E-state index contributed by atoms with van der Waals surface area (Å²) in [5.74, 6) is 0.456. The lowest BCUT2D eigenvalue weighted by Crippen LogP contribution is -2.30. The molecule has 2 aromatic carbocycles. The van der Waals surface area contributed by atoms with E-state index < -0.39 is 6.10 Å². The van der Waals surface area contributed by atoms with Crippen LogP contribution in [0.5, 0.6) is 11.5 Å². The molecule has 2 rings (SSSR count). The van der Waals surface area contributed by atoms with E-state index in [4.69, 9.17) is 44.3 Å². The lowest BCUT2D eigenvalue weighted by molar-refractivity contribution is -0.122. The molecule has 0 aliphatic carbocycles. The highest BCUT2D eigenvalue weighted by atomic mass is 35.5. The molecule has 1 atom stereocenters. The average Bonchev–Trinajstić information content (AvgIpc) is 2.52. The van der Waals surface area contributed by atoms with E-state index in [2.05, 4.69) is 5.32 Å². The Morgan fingerprint density at radius 1 is 1.13 bits per heavy atom. The maximum atomic E-state index is 12.3. The van der Waals surface area contributed by atoms with Crippen LogP contribution in [-0.2, 0) is 4.79 Å². The highest BCUT2D eigenvalue weighted by molar-refractivity contribution is 6.42. The monoisotopic (exact) mass is 373 g/mol. The van der Waals surface area contributed by atoms with Gasteiger partial charge < -0.3 is 14.8 Å². The zero-order valence-electron chi connectivity index (χ0n) is 12.4. The third-order valence-electron chi connectivity index (χ3n) is 3.01. The summed E-state index contributed by atoms with van der Waals surface area (Å²) in [5, 5.41) is 3.80. The van der Waals surface area contributed by atoms with Crippen molar-refractivity contribution in [2.75, 3.05) is 12.4 Å². The van der Waals surface area contributed by atoms with Crippen LogP contribution in [0.25, 0.3) is 0 Å². The molecular formula is C16H14Cl3NO3. The molecule has 2 aromatic rings. The molecule has 0 spiro atoms. The van der Waals surface area contributed by atoms with E-state index >= 15 is 0 Å². The first-order chi connectivity index (χ1) is 10.9. The summed E-state index contributed by atoms with van der Waals surface area (Å²) in [5.41, 5.74) is 0.456. The van der Waals surface area contributed by atoms with Crippen LogP contribution in [0.3, 0.4) is 0 Å². The highest BCUT2D eigenvalue weighted by Gasteiger charge is 2.18. The summed E-state index contributed by atoms with van der Waals surface area (Å²) in [6, 6.07) is 9.89. The smallest absolute Gasteiger partial charge is 0.265 e. The number of hydrogen-bond donors (Lipinski definition) is 1. The van der Waals surface area contributed by atoms with Gasteiger partial charge in [0.15, 0.2) is 6.10 Å². The Bertz CT molecular complexity index is 722. The standard InChI is InChI=1S/C16H14Cl3NO3/c1-9(23-14-5-3-4-11(18)15(14)19)16(21)20-12-8-10(17)6-7-13(12)22-2/h3-9H,1-2H3,(H,20,21)/t9-/m0/s1. The van der Waals surface area contributed by atoms with Crippen molar-refractivity contribution < 1.29 is 14.3 Å². The second kappa shape index (κ2) is 7.77. The van der Waals surface area contributed by atoms with Crippen LogP contribution in [0.4, 0.5) is 5.69 Å². The molecule has 7 heteroatoms. The van der Waals surface area contributed by atoms with Crippen molar-refractivity contribution in [2.24, 2.45) is 0 Å². The molecule has 0 aromatic heterocycles. The van der Waals surface area contributed by atoms with E-state index in [1.807, 2.05) is 0 Å². The number of methoxy groups -OCH3 is 1. The minimum atomic E-state index is -0.797. The molecule has 0 aliphatic heterocycles. The van der Waals surface area contributed by atoms with Crippen molar-refractivity contribution in [3.05, 3.63) is 51.5 Å². The summed E-state index contributed by atoms with van der Waals surface area (Å²) in [6.07, 6.45) is -0.797. The predicted octanol–water partition coefficient (Wildman–Crippen LogP) is 5.06. The fourth-order valence-electron chi connectivity index (χ4n) is 1.83. The molecule has 4 nitrogen and oxygen atoms in total. The van der Waals surface area contributed by atoms with Gasteiger partial charge in [0.25, 0.3) is 5.91 Å². The molecule has 0 heterocycles. The molecule has 0 fully saturated rings. The Balaban J connectivity index is 2.11. The van der Waals surface area contributed by atoms with Gasteiger partial charge in [-0.2, -0.15) is 0 Å². The lowest BCUT2D eigenvalue weighted by atomic mass is 10.2. The summed E-state index contributed by atoms with van der Waals surface area (Å²) in [7, 11) is 1.50. The van der Waals surface area contributed by atoms with Crippen molar-refractivity contribution in [3.8, 4) is 11.5 Å². The molecule has 0 saturated heterocycles. The van der Waals surface area contributed by atoms with Gasteiger partial charge in [-0.05, 0) is 37.3 Å². The number of carbonyl (C=O) groups excluding carboxylic acids is 1. The van der Waals surface area contributed by atoms with Crippen molar-refractivity contribution in [3.63, 3.8) is 0 Å². The van der Waals surface area contributed by atoms with Gasteiger partial charge in [0.05, 0.1) is 17.8 Å². The Morgan fingerprint density at radius 2 is 1.87 bits per heavy atom. The SMILES string of the molecule is COc1ccc(Cl)cc1NC(=O)[C@H](C)Oc1cccc(Cl)c1Cl. The summed E-state index contributed by atoms with van der Waals surface area (Å²) < 4.78 is 10.7. The number of ether oxygens (including phenoxy) is 2. The van der Waals surface area contributed by atoms with Crippen molar-refractivity contribution in [2.45, 2.75) is 13.0 Å². The van der Waals surface area contributed by atoms with Crippen LogP contribution in [-0.4, -0.2) is 19.1 Å². The Labute approximate surface area is 149 Å². The van der Waals surface area contributed by atoms with Crippen LogP contribution in [0.2, 0.25) is 15.1 Å². The molecule has 1 amide bonds. The van der Waals surface area contributed by atoms with Gasteiger partial charge >= 0.3 is 0 Å². The van der Waals surface area contributed by atoms with Gasteiger partial charge in [-0.25, -0.2) is 0 Å². The third-order valence-corrected chi connectivity index (χ3v) is 4.05. The Hall–Kier alpha value is -1.62. The second-order valence-corrected chi connectivity index (χ2v) is 5.87. The molecule has 1 N–H and O–H groups in total. The number of rotatable bonds is 5. The number of nitrogens with one attached hydrogen (secondary N) is 1. The predicted molar refractivity (Wildman–Crippen MR) is 93.2 cm³/mol. The maximum Gasteiger partial charge on any atom is 0.265 e. The van der Waals surface area contributed by atoms with E-state index in [1.165, 1.54) is 7.11 Å². The van der Waals surface area contributed by atoms with Crippen LogP contribution in [0.1, 0.15) is 6.92 Å². The molecule has 0 unspecified atom stereocenters. The van der Waals surface area contributed by atoms with Crippen LogP contribution >= 0.6 is 34.8 Å². The number of hydrogen-bond acceptors (Lipinski definition) is 3. The minimum absolute atomic E-state index is 0.258. The fraction of sp³-hybridized carbons (Fsp3) is 0.188. The second-order valence-electron chi connectivity index (χ2n) is 4.65. The first kappa shape index (κ1) is 17.7. The van der Waals surface area contributed by atoms with E-state index in [0.29, 0.717) is 27.2 Å². The van der Waals surface area contributed by atoms with Crippen LogP contribution < -0.4 is 14.8 Å². The van der Waals surface area contributed by atoms with Gasteiger partial charge in [-0.1, -0.05) is 40.9 Å². The molecular weight excluding hydrogens is 361 g/mol. The van der Waals surface area contributed by atoms with Crippen molar-refractivity contribution in [1.82, 2.24) is 0 Å². The van der Waals surface area contributed by atoms with Crippen molar-refractivity contribution in [1.29, 1.82) is 0 Å². The summed E-state index contributed by atoms with van der Waals surface area (Å²) in [6.45, 7) is 1.60. The molecule has 0 radical (unpaired) electrons. The summed E-state index contributed by atoms with van der Waals surface area (Å²) >= 11 is 17.9. The number of amides is 1. The molecule has 0 aliphatic rings. The number of carbonyl (C=O) groups is 1. The molecule has 23 heavy (non-hydrogen) atoms. The average molecular weight is 375 g/mol. The largest absolute Gasteiger partial charge is 0.495 e. The third kappa shape index (κ3) is 4.44. The van der Waals surface area contributed by atoms with Gasteiger partial charge in [0.1, 0.15) is 16.5 Å². The van der Waals surface area contributed by atoms with Crippen LogP contribution in [0, 0.1) is 0 Å². The zero-order valence-corrected chi connectivity index (χ0v) is 14.7. The quantitative estimate of drug-likeness (QED) is 0.795. The lowest BCUT2D eigenvalue weighted by Gasteiger charge is -2.17. The highest BCUT2D eigenvalue weighted by Crippen LogP contribution is 2.32. The summed E-state index contributed by atoms with van der Waals surface area (Å²) in [4.78, 5) is 12.3. The Kier molecular flexibility index (Phi) is 5.99. The Morgan fingerprint density at radius 3 is 2.57 bits per heavy atom. The van der Waals surface area contributed by atoms with E-state index in [9.17, 15) is 4.79 Å². The normalized spacial score (nSPS) is 11.7. The number of halogens is 3. The van der Waals surface area contributed by atoms with E-state index in [1.54, 1.807) is 43.3 Å². The first-order valence-electron chi connectivity index (χ1n) is 6.67. The topological polar surface area (TPSA) is 47.6 Å². The molecule has 0 saturated carbocycles. The first-order valence-corrected chi connectivity index (χ1v) is 7.81. The zero-order chi connectivity index (χ0) is 17.0. The molecule has 0 bridgehead atoms. The van der Waals surface area contributed by atoms with Crippen LogP contribution in [0.15, 0.2) is 36.4 Å². The van der Waals surface area contributed by atoms with Gasteiger partial charge in [0, 0.05) is 5.02 Å². The fourth-order valence-corrected chi connectivity index (χ4v) is 2.34. The van der Waals surface area contributed by atoms with Crippen molar-refractivity contribution >= 4 is 46.4 Å². The van der Waals surface area contributed by atoms with E-state index in [-0.39, 0.29) is 10.9 Å². The number of anilines is 1. The van der Waals surface area contributed by atoms with Gasteiger partial charge in [-0.15, -0.1) is 0 Å². The molecule has 122 valence electrons. The minimum Gasteiger partial charge on any atom is -0.495 e. The van der Waals surface area contributed by atoms with E-state index in [0.717, 1.165) is 0 Å².